The molecule has 3 aromatic rings. The number of nitrogens with one attached hydrogen (secondary N) is 1. The lowest BCUT2D eigenvalue weighted by Gasteiger charge is -2.12. The maximum Gasteiger partial charge on any atom is 0.416 e. The van der Waals surface area contributed by atoms with Crippen molar-refractivity contribution in [3.8, 4) is 11.5 Å². The standard InChI is InChI=1S/C20H14F3NO5/c21-20(22,23)11-3-1-10(2-4-11)16(25)5-13(19(26)27)14-8-24-15-7-18-17(6-12(14)15)28-9-29-18/h1-4,6-8,13,24H,5,9H2,(H,26,27). The van der Waals surface area contributed by atoms with Crippen LogP contribution in [0, 0.1) is 0 Å². The van der Waals surface area contributed by atoms with Crippen LogP contribution < -0.4 is 9.47 Å². The Morgan fingerprint density at radius 3 is 2.38 bits per heavy atom. The summed E-state index contributed by atoms with van der Waals surface area (Å²) in [5.74, 6) is -1.97. The van der Waals surface area contributed by atoms with Crippen LogP contribution in [-0.4, -0.2) is 28.6 Å². The van der Waals surface area contributed by atoms with Gasteiger partial charge >= 0.3 is 12.1 Å². The van der Waals surface area contributed by atoms with Crippen molar-refractivity contribution in [2.24, 2.45) is 0 Å². The lowest BCUT2D eigenvalue weighted by Crippen LogP contribution is -2.16. The van der Waals surface area contributed by atoms with Crippen LogP contribution in [0.3, 0.4) is 0 Å². The lowest BCUT2D eigenvalue weighted by atomic mass is 9.91. The Hall–Kier alpha value is -3.49. The average Bonchev–Trinajstić information content (AvgIpc) is 3.29. The van der Waals surface area contributed by atoms with Gasteiger partial charge in [0.25, 0.3) is 0 Å². The lowest BCUT2D eigenvalue weighted by molar-refractivity contribution is -0.139. The molecule has 0 radical (unpaired) electrons. The molecule has 0 fully saturated rings. The van der Waals surface area contributed by atoms with E-state index in [9.17, 15) is 27.9 Å². The van der Waals surface area contributed by atoms with E-state index in [1.54, 1.807) is 12.1 Å². The van der Waals surface area contributed by atoms with Gasteiger partial charge in [-0.3, -0.25) is 9.59 Å². The van der Waals surface area contributed by atoms with Crippen LogP contribution in [0.25, 0.3) is 10.9 Å². The number of H-pyrrole nitrogens is 1. The number of aromatic nitrogens is 1. The van der Waals surface area contributed by atoms with Crippen LogP contribution >= 0.6 is 0 Å². The molecule has 29 heavy (non-hydrogen) atoms. The van der Waals surface area contributed by atoms with E-state index in [2.05, 4.69) is 4.98 Å². The number of fused-ring (bicyclic) bond motifs is 2. The van der Waals surface area contributed by atoms with Crippen LogP contribution in [0.15, 0.2) is 42.6 Å². The fraction of sp³-hybridized carbons (Fsp3) is 0.200. The number of carbonyl (C=O) groups is 2. The molecule has 0 aliphatic carbocycles. The highest BCUT2D eigenvalue weighted by molar-refractivity contribution is 6.00. The molecule has 0 saturated heterocycles. The van der Waals surface area contributed by atoms with E-state index in [4.69, 9.17) is 9.47 Å². The van der Waals surface area contributed by atoms with Gasteiger partial charge in [0.15, 0.2) is 17.3 Å². The molecule has 2 heterocycles. The average molecular weight is 405 g/mol. The Morgan fingerprint density at radius 2 is 1.76 bits per heavy atom. The highest BCUT2D eigenvalue weighted by Crippen LogP contribution is 2.39. The molecule has 1 unspecified atom stereocenters. The van der Waals surface area contributed by atoms with Crippen molar-refractivity contribution in [1.29, 1.82) is 0 Å². The largest absolute Gasteiger partial charge is 0.481 e. The number of rotatable bonds is 5. The van der Waals surface area contributed by atoms with E-state index in [1.807, 2.05) is 0 Å². The van der Waals surface area contributed by atoms with Gasteiger partial charge in [-0.15, -0.1) is 0 Å². The summed E-state index contributed by atoms with van der Waals surface area (Å²) in [5.41, 5.74) is 0.141. The molecule has 2 aromatic carbocycles. The van der Waals surface area contributed by atoms with Crippen molar-refractivity contribution in [1.82, 2.24) is 4.98 Å². The number of carboxylic acid groups (broad SMARTS) is 1. The summed E-state index contributed by atoms with van der Waals surface area (Å²) in [6, 6.07) is 7.03. The minimum absolute atomic E-state index is 0.0155. The summed E-state index contributed by atoms with van der Waals surface area (Å²) in [7, 11) is 0. The molecule has 1 aliphatic rings. The van der Waals surface area contributed by atoms with Gasteiger partial charge in [0.1, 0.15) is 0 Å². The second kappa shape index (κ2) is 6.84. The van der Waals surface area contributed by atoms with Crippen LogP contribution in [-0.2, 0) is 11.0 Å². The Morgan fingerprint density at radius 1 is 1.10 bits per heavy atom. The molecule has 0 spiro atoms. The summed E-state index contributed by atoms with van der Waals surface area (Å²) in [6.07, 6.45) is -3.41. The molecule has 1 aromatic heterocycles. The van der Waals surface area contributed by atoms with Gasteiger partial charge < -0.3 is 19.6 Å². The number of halogens is 3. The predicted octanol–water partition coefficient (Wildman–Crippen LogP) is 4.36. The molecule has 0 amide bonds. The van der Waals surface area contributed by atoms with Crippen LogP contribution in [0.4, 0.5) is 13.2 Å². The molecular formula is C20H14F3NO5. The number of benzene rings is 2. The highest BCUT2D eigenvalue weighted by Gasteiger charge is 2.31. The SMILES string of the molecule is O=C(CC(C(=O)O)c1c[nH]c2cc3c(cc12)OCO3)c1ccc(C(F)(F)F)cc1. The Kier molecular flexibility index (Phi) is 4.45. The molecule has 2 N–H and O–H groups in total. The molecule has 0 bridgehead atoms. The second-order valence-corrected chi connectivity index (χ2v) is 6.59. The van der Waals surface area contributed by atoms with Gasteiger partial charge in [0.2, 0.25) is 6.79 Å². The van der Waals surface area contributed by atoms with Crippen LogP contribution in [0.1, 0.15) is 33.8 Å². The van der Waals surface area contributed by atoms with Gasteiger partial charge in [-0.2, -0.15) is 13.2 Å². The minimum Gasteiger partial charge on any atom is -0.481 e. The first kappa shape index (κ1) is 18.9. The number of carboxylic acids is 1. The zero-order chi connectivity index (χ0) is 20.8. The minimum atomic E-state index is -4.51. The van der Waals surface area contributed by atoms with Crippen molar-refractivity contribution in [2.45, 2.75) is 18.5 Å². The Bertz CT molecular complexity index is 1100. The maximum atomic E-state index is 12.7. The molecule has 1 aliphatic heterocycles. The van der Waals surface area contributed by atoms with Crippen molar-refractivity contribution >= 4 is 22.7 Å². The molecule has 4 rings (SSSR count). The molecule has 150 valence electrons. The quantitative estimate of drug-likeness (QED) is 0.616. The third-order valence-electron chi connectivity index (χ3n) is 4.80. The van der Waals surface area contributed by atoms with Crippen LogP contribution in [0.5, 0.6) is 11.5 Å². The number of aromatic amines is 1. The van der Waals surface area contributed by atoms with Gasteiger partial charge in [-0.1, -0.05) is 12.1 Å². The maximum absolute atomic E-state index is 12.7. The summed E-state index contributed by atoms with van der Waals surface area (Å²) < 4.78 is 48.6. The number of hydrogen-bond donors (Lipinski definition) is 2. The van der Waals surface area contributed by atoms with Crippen molar-refractivity contribution in [3.05, 3.63) is 59.3 Å². The number of aliphatic carboxylic acids is 1. The zero-order valence-corrected chi connectivity index (χ0v) is 14.7. The highest BCUT2D eigenvalue weighted by atomic mass is 19.4. The fourth-order valence-corrected chi connectivity index (χ4v) is 3.30. The monoisotopic (exact) mass is 405 g/mol. The molecule has 1 atom stereocenters. The third-order valence-corrected chi connectivity index (χ3v) is 4.80. The molecule has 0 saturated carbocycles. The normalized spacial score (nSPS) is 14.2. The number of ether oxygens (including phenoxy) is 2. The van der Waals surface area contributed by atoms with Crippen molar-refractivity contribution in [3.63, 3.8) is 0 Å². The topological polar surface area (TPSA) is 88.6 Å². The summed E-state index contributed by atoms with van der Waals surface area (Å²) >= 11 is 0. The van der Waals surface area contributed by atoms with E-state index in [0.29, 0.717) is 28.0 Å². The van der Waals surface area contributed by atoms with E-state index >= 15 is 0 Å². The van der Waals surface area contributed by atoms with Gasteiger partial charge in [0, 0.05) is 35.2 Å². The van der Waals surface area contributed by atoms with Crippen molar-refractivity contribution in [2.75, 3.05) is 6.79 Å². The predicted molar refractivity (Wildman–Crippen MR) is 95.2 cm³/mol. The Labute approximate surface area is 161 Å². The molecule has 9 heteroatoms. The number of hydrogen-bond acceptors (Lipinski definition) is 4. The van der Waals surface area contributed by atoms with Crippen LogP contribution in [0.2, 0.25) is 0 Å². The zero-order valence-electron chi connectivity index (χ0n) is 14.7. The van der Waals surface area contributed by atoms with E-state index in [-0.39, 0.29) is 12.4 Å². The molecule has 6 nitrogen and oxygen atoms in total. The first-order chi connectivity index (χ1) is 13.7. The van der Waals surface area contributed by atoms with E-state index < -0.39 is 35.8 Å². The summed E-state index contributed by atoms with van der Waals surface area (Å²) in [6.45, 7) is 0.0615. The Balaban J connectivity index is 1.63. The second-order valence-electron chi connectivity index (χ2n) is 6.59. The van der Waals surface area contributed by atoms with Gasteiger partial charge in [-0.25, -0.2) is 0 Å². The first-order valence-corrected chi connectivity index (χ1v) is 8.58. The molecular weight excluding hydrogens is 391 g/mol. The number of alkyl halides is 3. The van der Waals surface area contributed by atoms with Crippen molar-refractivity contribution < 1.29 is 37.3 Å². The van der Waals surface area contributed by atoms with Gasteiger partial charge in [-0.05, 0) is 23.8 Å². The first-order valence-electron chi connectivity index (χ1n) is 8.58. The number of ketones is 1. The fourth-order valence-electron chi connectivity index (χ4n) is 3.30. The number of Topliss-reactive ketones (excluding diaryl/α,β-unsaturated/α-hetero) is 1. The van der Waals surface area contributed by atoms with Gasteiger partial charge in [0.05, 0.1) is 11.5 Å². The summed E-state index contributed by atoms with van der Waals surface area (Å²) in [4.78, 5) is 27.4. The van der Waals surface area contributed by atoms with E-state index in [0.717, 1.165) is 24.3 Å². The summed E-state index contributed by atoms with van der Waals surface area (Å²) in [5, 5.41) is 10.2. The third kappa shape index (κ3) is 3.51. The van der Waals surface area contributed by atoms with E-state index in [1.165, 1.54) is 6.20 Å². The number of carbonyl (C=O) groups excluding carboxylic acids is 1. The smallest absolute Gasteiger partial charge is 0.416 e.